The van der Waals surface area contributed by atoms with Gasteiger partial charge in [-0.1, -0.05) is 109 Å². The average Bonchev–Trinajstić information content (AvgIpc) is 0.760. The molecule has 0 saturated carbocycles. The Balaban J connectivity index is 0.000000168. The lowest BCUT2D eigenvalue weighted by Crippen LogP contribution is -2.02. The summed E-state index contributed by atoms with van der Waals surface area (Å²) in [6.45, 7) is 0. The zero-order valence-corrected chi connectivity index (χ0v) is 54.6. The van der Waals surface area contributed by atoms with E-state index in [0.29, 0.717) is 34.3 Å². The molecule has 0 aliphatic rings. The van der Waals surface area contributed by atoms with Crippen LogP contribution in [0.25, 0.3) is 169 Å². The molecule has 15 nitrogen and oxygen atoms in total. The summed E-state index contributed by atoms with van der Waals surface area (Å²) in [6, 6.07) is 85.0. The van der Waals surface area contributed by atoms with Gasteiger partial charge in [0.2, 0.25) is 0 Å². The number of hydrogen-bond acceptors (Lipinski definition) is 15. The van der Waals surface area contributed by atoms with Crippen molar-refractivity contribution in [1.29, 1.82) is 0 Å². The Bertz CT molecular complexity index is 4970. The van der Waals surface area contributed by atoms with E-state index in [-0.39, 0.29) is 0 Å². The van der Waals surface area contributed by atoms with Gasteiger partial charge in [-0.3, -0.25) is 44.9 Å². The van der Waals surface area contributed by atoms with Crippen LogP contribution < -0.4 is 0 Å². The highest BCUT2D eigenvalue weighted by Gasteiger charge is 2.21. The summed E-state index contributed by atoms with van der Waals surface area (Å²) < 4.78 is 0. The van der Waals surface area contributed by atoms with E-state index in [9.17, 15) is 0 Å². The second-order valence-corrected chi connectivity index (χ2v) is 23.8. The van der Waals surface area contributed by atoms with Crippen molar-refractivity contribution in [2.75, 3.05) is 0 Å². The SMILES string of the molecule is c1ccc(-c2cc(-c3cccnc3)nc(-c3cc(-c4cc(-c5ccccc5)cc(-c5cccnc5)n4)nc(-c4cc(-c5ccccc5)cc(-c5cccnc5)n4)n3)c2)cc1.c1ccc(-c2cncc(-c3cc(-c4cncc(-c5ccccn5)c4)nc(-c4cncc(-c5ccccn5)c4)c3)c2)nc1. The van der Waals surface area contributed by atoms with E-state index in [1.807, 2.05) is 213 Å². The van der Waals surface area contributed by atoms with E-state index in [0.717, 1.165) is 135 Å². The molecular weight excluding hydrogens is 1260 g/mol. The fraction of sp³-hybridized carbons (Fsp3) is 0. The van der Waals surface area contributed by atoms with Crippen LogP contribution in [0, 0.1) is 0 Å². The van der Waals surface area contributed by atoms with Crippen molar-refractivity contribution >= 4 is 0 Å². The van der Waals surface area contributed by atoms with E-state index in [4.69, 9.17) is 29.9 Å². The summed E-state index contributed by atoms with van der Waals surface area (Å²) >= 11 is 0. The average molecular weight is 1310 g/mol. The lowest BCUT2D eigenvalue weighted by molar-refractivity contribution is 1.12. The molecule has 0 saturated heterocycles. The smallest absolute Gasteiger partial charge is 0.179 e. The quantitative estimate of drug-likeness (QED) is 0.0940. The molecule has 0 amide bonds. The van der Waals surface area contributed by atoms with Gasteiger partial charge in [0.25, 0.3) is 0 Å². The van der Waals surface area contributed by atoms with Gasteiger partial charge in [-0.05, 0) is 185 Å². The highest BCUT2D eigenvalue weighted by atomic mass is 15.0. The van der Waals surface area contributed by atoms with Crippen LogP contribution in [0.1, 0.15) is 0 Å². The Morgan fingerprint density at radius 3 is 0.755 bits per heavy atom. The number of aromatic nitrogens is 15. The number of benzene rings is 3. The van der Waals surface area contributed by atoms with Crippen molar-refractivity contribution in [2.24, 2.45) is 0 Å². The minimum absolute atomic E-state index is 0.426. The second kappa shape index (κ2) is 29.2. The lowest BCUT2D eigenvalue weighted by atomic mass is 9.99. The maximum Gasteiger partial charge on any atom is 0.179 e. The van der Waals surface area contributed by atoms with Crippen molar-refractivity contribution in [1.82, 2.24) is 74.8 Å². The van der Waals surface area contributed by atoms with Gasteiger partial charge in [0.15, 0.2) is 5.82 Å². The van der Waals surface area contributed by atoms with E-state index >= 15 is 0 Å². The minimum atomic E-state index is 0.426. The van der Waals surface area contributed by atoms with Crippen LogP contribution in [-0.2, 0) is 0 Å². The van der Waals surface area contributed by atoms with Crippen molar-refractivity contribution in [3.63, 3.8) is 0 Å². The fourth-order valence-corrected chi connectivity index (χ4v) is 11.9. The van der Waals surface area contributed by atoms with Gasteiger partial charge in [-0.25, -0.2) is 29.9 Å². The van der Waals surface area contributed by atoms with E-state index in [1.54, 1.807) is 37.2 Å². The number of nitrogens with zero attached hydrogens (tertiary/aromatic N) is 15. The van der Waals surface area contributed by atoms with E-state index in [2.05, 4.69) is 142 Å². The molecule has 0 atom stereocenters. The molecule has 0 radical (unpaired) electrons. The minimum Gasteiger partial charge on any atom is -0.264 e. The third kappa shape index (κ3) is 14.2. The van der Waals surface area contributed by atoms with Crippen molar-refractivity contribution in [3.8, 4) is 169 Å². The lowest BCUT2D eigenvalue weighted by Gasteiger charge is -2.14. The maximum atomic E-state index is 5.29. The standard InChI is InChI=1S/C52H34N8.C35H23N7/c1-4-13-35(14-5-1)41-25-44(38-19-10-22-53-32-38)56-47(28-41)49-31-50(48-29-42(36-15-6-2-7-16-36)26-45(57-48)39-20-11-23-54-33-39)60-52(59-49)51-30-43(37-17-8-3-9-18-37)27-46(58-51)40-21-12-24-55-34-40;1-4-10-39-31(7-1)26-13-25(18-36-19-26)24-16-34(29-14-27(20-37-22-29)32-8-2-5-11-40-32)42-35(17-24)30-15-28(21-38-23-30)33-9-3-6-12-41-33/h1-34H;1-23H. The van der Waals surface area contributed by atoms with Crippen molar-refractivity contribution in [3.05, 3.63) is 348 Å². The van der Waals surface area contributed by atoms with Gasteiger partial charge in [-0.2, -0.15) is 0 Å². The highest BCUT2D eigenvalue weighted by molar-refractivity contribution is 5.84. The third-order valence-corrected chi connectivity index (χ3v) is 17.0. The molecule has 14 aromatic heterocycles. The summed E-state index contributed by atoms with van der Waals surface area (Å²) in [5.41, 5.74) is 24.8. The Kier molecular flexibility index (Phi) is 17.9. The van der Waals surface area contributed by atoms with Crippen molar-refractivity contribution < 1.29 is 0 Å². The largest absolute Gasteiger partial charge is 0.264 e. The first-order valence-corrected chi connectivity index (χ1v) is 33.0. The molecule has 0 fully saturated rings. The Morgan fingerprint density at radius 1 is 0.137 bits per heavy atom. The van der Waals surface area contributed by atoms with E-state index in [1.165, 1.54) is 0 Å². The normalized spacial score (nSPS) is 10.9. The maximum absolute atomic E-state index is 5.29. The third-order valence-electron chi connectivity index (χ3n) is 17.0. The molecule has 0 bridgehead atoms. The van der Waals surface area contributed by atoms with Gasteiger partial charge in [-0.15, -0.1) is 0 Å². The van der Waals surface area contributed by atoms with Gasteiger partial charge < -0.3 is 0 Å². The van der Waals surface area contributed by atoms with E-state index < -0.39 is 0 Å². The molecule has 0 N–H and O–H groups in total. The molecule has 15 heteroatoms. The Labute approximate surface area is 588 Å². The first-order valence-electron chi connectivity index (χ1n) is 33.0. The van der Waals surface area contributed by atoms with Gasteiger partial charge in [0.05, 0.1) is 68.3 Å². The predicted molar refractivity (Wildman–Crippen MR) is 401 cm³/mol. The molecule has 0 aliphatic carbocycles. The number of pyridine rings is 13. The molecule has 102 heavy (non-hydrogen) atoms. The molecular formula is C87H57N15. The van der Waals surface area contributed by atoms with Crippen LogP contribution in [0.4, 0.5) is 0 Å². The molecule has 3 aromatic carbocycles. The van der Waals surface area contributed by atoms with Crippen LogP contribution in [0.3, 0.4) is 0 Å². The first kappa shape index (κ1) is 62.5. The van der Waals surface area contributed by atoms with Crippen LogP contribution in [0.5, 0.6) is 0 Å². The molecule has 0 spiro atoms. The second-order valence-electron chi connectivity index (χ2n) is 23.8. The Morgan fingerprint density at radius 2 is 0.402 bits per heavy atom. The predicted octanol–water partition coefficient (Wildman–Crippen LogP) is 19.3. The van der Waals surface area contributed by atoms with Crippen LogP contribution in [-0.4, -0.2) is 74.8 Å². The molecule has 17 rings (SSSR count). The fourth-order valence-electron chi connectivity index (χ4n) is 11.9. The summed E-state index contributed by atoms with van der Waals surface area (Å²) in [5.74, 6) is 0.426. The molecule has 0 aliphatic heterocycles. The van der Waals surface area contributed by atoms with Crippen LogP contribution >= 0.6 is 0 Å². The van der Waals surface area contributed by atoms with Gasteiger partial charge >= 0.3 is 0 Å². The highest BCUT2D eigenvalue weighted by Crippen LogP contribution is 2.38. The van der Waals surface area contributed by atoms with Crippen molar-refractivity contribution in [2.45, 2.75) is 0 Å². The van der Waals surface area contributed by atoms with Gasteiger partial charge in [0, 0.05) is 143 Å². The van der Waals surface area contributed by atoms with Crippen LogP contribution in [0.2, 0.25) is 0 Å². The number of rotatable bonds is 15. The van der Waals surface area contributed by atoms with Crippen LogP contribution in [0.15, 0.2) is 348 Å². The first-order chi connectivity index (χ1) is 50.5. The summed E-state index contributed by atoms with van der Waals surface area (Å²) in [7, 11) is 0. The molecule has 0 unspecified atom stereocenters. The monoisotopic (exact) mass is 1310 g/mol. The summed E-state index contributed by atoms with van der Waals surface area (Å²) in [6.07, 6.45) is 27.1. The number of hydrogen-bond donors (Lipinski definition) is 0. The summed E-state index contributed by atoms with van der Waals surface area (Å²) in [5, 5.41) is 0. The summed E-state index contributed by atoms with van der Waals surface area (Å²) in [4.78, 5) is 71.7. The topological polar surface area (TPSA) is 193 Å². The molecule has 480 valence electrons. The zero-order chi connectivity index (χ0) is 68.2. The zero-order valence-electron chi connectivity index (χ0n) is 54.6. The Hall–Kier alpha value is -14.3. The van der Waals surface area contributed by atoms with Gasteiger partial charge in [0.1, 0.15) is 5.69 Å². The molecule has 14 heterocycles. The molecule has 17 aromatic rings.